The number of rotatable bonds is 3. The molecule has 26 heavy (non-hydrogen) atoms. The minimum absolute atomic E-state index is 0.123. The number of carbonyl (C=O) groups excluding carboxylic acids is 2. The van der Waals surface area contributed by atoms with Crippen molar-refractivity contribution >= 4 is 23.5 Å². The van der Waals surface area contributed by atoms with Crippen molar-refractivity contribution in [2.75, 3.05) is 7.11 Å². The molecule has 1 fully saturated rings. The lowest BCUT2D eigenvalue weighted by molar-refractivity contribution is -0.132. The molecular formula is C20H19ClN2O3. The van der Waals surface area contributed by atoms with E-state index in [-0.39, 0.29) is 18.5 Å². The van der Waals surface area contributed by atoms with E-state index in [0.717, 1.165) is 24.0 Å². The molecule has 5 nitrogen and oxygen atoms in total. The van der Waals surface area contributed by atoms with Crippen LogP contribution >= 0.6 is 11.6 Å². The van der Waals surface area contributed by atoms with E-state index in [9.17, 15) is 9.59 Å². The van der Waals surface area contributed by atoms with Gasteiger partial charge in [0.25, 0.3) is 5.91 Å². The Hall–Kier alpha value is -2.53. The third-order valence-electron chi connectivity index (χ3n) is 5.22. The van der Waals surface area contributed by atoms with Crippen molar-refractivity contribution in [1.82, 2.24) is 10.2 Å². The van der Waals surface area contributed by atoms with E-state index in [1.807, 2.05) is 24.3 Å². The number of hydrogen-bond acceptors (Lipinski definition) is 3. The lowest BCUT2D eigenvalue weighted by Crippen LogP contribution is -2.46. The molecule has 0 saturated carbocycles. The zero-order valence-corrected chi connectivity index (χ0v) is 15.2. The second kappa shape index (κ2) is 6.32. The van der Waals surface area contributed by atoms with E-state index in [4.69, 9.17) is 16.3 Å². The second-order valence-corrected chi connectivity index (χ2v) is 7.13. The normalized spacial score (nSPS) is 21.7. The number of halogens is 1. The largest absolute Gasteiger partial charge is 0.496 e. The number of amides is 3. The molecule has 0 unspecified atom stereocenters. The van der Waals surface area contributed by atoms with Crippen LogP contribution in [0.3, 0.4) is 0 Å². The summed E-state index contributed by atoms with van der Waals surface area (Å²) < 4.78 is 5.35. The monoisotopic (exact) mass is 370 g/mol. The van der Waals surface area contributed by atoms with E-state index < -0.39 is 5.54 Å². The van der Waals surface area contributed by atoms with Gasteiger partial charge < -0.3 is 10.1 Å². The van der Waals surface area contributed by atoms with Crippen LogP contribution in [0, 0.1) is 0 Å². The fourth-order valence-electron chi connectivity index (χ4n) is 4.00. The van der Waals surface area contributed by atoms with Gasteiger partial charge in [-0.2, -0.15) is 0 Å². The van der Waals surface area contributed by atoms with Gasteiger partial charge in [0.15, 0.2) is 0 Å². The number of methoxy groups -OCH3 is 1. The summed E-state index contributed by atoms with van der Waals surface area (Å²) in [4.78, 5) is 27.3. The van der Waals surface area contributed by atoms with E-state index >= 15 is 0 Å². The molecule has 0 bridgehead atoms. The van der Waals surface area contributed by atoms with Crippen molar-refractivity contribution in [1.29, 1.82) is 0 Å². The molecule has 2 aromatic carbocycles. The maximum atomic E-state index is 13.3. The molecule has 3 amide bonds. The highest BCUT2D eigenvalue weighted by Gasteiger charge is 2.53. The quantitative estimate of drug-likeness (QED) is 0.839. The Kier molecular flexibility index (Phi) is 4.11. The molecular weight excluding hydrogens is 352 g/mol. The van der Waals surface area contributed by atoms with Gasteiger partial charge in [0.05, 0.1) is 13.7 Å². The van der Waals surface area contributed by atoms with Crippen molar-refractivity contribution in [3.63, 3.8) is 0 Å². The van der Waals surface area contributed by atoms with Crippen LogP contribution in [0.2, 0.25) is 5.02 Å². The minimum Gasteiger partial charge on any atom is -0.496 e. The van der Waals surface area contributed by atoms with Gasteiger partial charge >= 0.3 is 6.03 Å². The lowest BCUT2D eigenvalue weighted by atomic mass is 9.76. The van der Waals surface area contributed by atoms with Crippen molar-refractivity contribution in [2.45, 2.75) is 31.3 Å². The van der Waals surface area contributed by atoms with Crippen LogP contribution in [0.25, 0.3) is 0 Å². The molecule has 1 atom stereocenters. The average molecular weight is 371 g/mol. The third kappa shape index (κ3) is 2.54. The van der Waals surface area contributed by atoms with Gasteiger partial charge in [-0.25, -0.2) is 4.79 Å². The van der Waals surface area contributed by atoms with E-state index in [2.05, 4.69) is 5.32 Å². The van der Waals surface area contributed by atoms with Crippen LogP contribution in [0.1, 0.15) is 29.5 Å². The molecule has 134 valence electrons. The zero-order valence-electron chi connectivity index (χ0n) is 14.4. The number of nitrogens with zero attached hydrogens (tertiary/aromatic N) is 1. The Labute approximate surface area is 156 Å². The molecule has 1 saturated heterocycles. The Morgan fingerprint density at radius 3 is 2.85 bits per heavy atom. The second-order valence-electron chi connectivity index (χ2n) is 6.69. The van der Waals surface area contributed by atoms with Crippen LogP contribution in [0.15, 0.2) is 42.5 Å². The summed E-state index contributed by atoms with van der Waals surface area (Å²) in [5, 5.41) is 3.49. The third-order valence-corrected chi connectivity index (χ3v) is 5.46. The summed E-state index contributed by atoms with van der Waals surface area (Å²) in [5.74, 6) is 0.386. The first-order valence-electron chi connectivity index (χ1n) is 8.60. The number of urea groups is 1. The molecule has 6 heteroatoms. The van der Waals surface area contributed by atoms with Gasteiger partial charge in [0.1, 0.15) is 11.3 Å². The molecule has 1 N–H and O–H groups in total. The predicted octanol–water partition coefficient (Wildman–Crippen LogP) is 3.63. The van der Waals surface area contributed by atoms with E-state index in [1.54, 1.807) is 25.3 Å². The number of hydrogen-bond donors (Lipinski definition) is 1. The fourth-order valence-corrected chi connectivity index (χ4v) is 4.19. The minimum atomic E-state index is -0.961. The number of carbonyl (C=O) groups is 2. The van der Waals surface area contributed by atoms with Crippen molar-refractivity contribution in [2.24, 2.45) is 0 Å². The molecule has 0 radical (unpaired) electrons. The Morgan fingerprint density at radius 2 is 2.04 bits per heavy atom. The summed E-state index contributed by atoms with van der Waals surface area (Å²) in [5.41, 5.74) is 1.77. The molecule has 0 aromatic heterocycles. The summed E-state index contributed by atoms with van der Waals surface area (Å²) in [6.07, 6.45) is 2.39. The standard InChI is InChI=1S/C20H19ClN2O3/c1-26-17-9-8-15(21)11-14(17)12-23-18(24)20(22-19(23)25)10-4-6-13-5-2-3-7-16(13)20/h2-3,5,7-9,11H,4,6,10,12H2,1H3,(H,22,25)/t20-/m1/s1. The van der Waals surface area contributed by atoms with Crippen LogP contribution in [0.5, 0.6) is 5.75 Å². The number of nitrogens with one attached hydrogen (secondary N) is 1. The smallest absolute Gasteiger partial charge is 0.325 e. The highest BCUT2D eigenvalue weighted by Crippen LogP contribution is 2.40. The average Bonchev–Trinajstić information content (AvgIpc) is 2.87. The topological polar surface area (TPSA) is 58.6 Å². The first-order valence-corrected chi connectivity index (χ1v) is 8.98. The van der Waals surface area contributed by atoms with Gasteiger partial charge in [0, 0.05) is 10.6 Å². The molecule has 4 rings (SSSR count). The fraction of sp³-hybridized carbons (Fsp3) is 0.300. The number of aryl methyl sites for hydroxylation is 1. The number of benzene rings is 2. The summed E-state index contributed by atoms with van der Waals surface area (Å²) >= 11 is 6.08. The Morgan fingerprint density at radius 1 is 1.23 bits per heavy atom. The van der Waals surface area contributed by atoms with E-state index in [0.29, 0.717) is 22.8 Å². The molecule has 1 spiro atoms. The van der Waals surface area contributed by atoms with Crippen LogP contribution in [-0.2, 0) is 23.3 Å². The first kappa shape index (κ1) is 16.9. The zero-order chi connectivity index (χ0) is 18.3. The summed E-state index contributed by atoms with van der Waals surface area (Å²) in [6, 6.07) is 12.6. The van der Waals surface area contributed by atoms with Gasteiger partial charge in [-0.1, -0.05) is 35.9 Å². The molecule has 2 aromatic rings. The number of ether oxygens (including phenoxy) is 1. The number of fused-ring (bicyclic) bond motifs is 2. The van der Waals surface area contributed by atoms with Gasteiger partial charge in [-0.15, -0.1) is 0 Å². The van der Waals surface area contributed by atoms with Crippen molar-refractivity contribution < 1.29 is 14.3 Å². The lowest BCUT2D eigenvalue weighted by Gasteiger charge is -2.33. The molecule has 1 heterocycles. The van der Waals surface area contributed by atoms with Gasteiger partial charge in [-0.3, -0.25) is 9.69 Å². The van der Waals surface area contributed by atoms with Crippen molar-refractivity contribution in [3.05, 3.63) is 64.2 Å². The summed E-state index contributed by atoms with van der Waals surface area (Å²) in [6.45, 7) is 0.123. The Bertz CT molecular complexity index is 898. The Balaban J connectivity index is 1.71. The maximum Gasteiger partial charge on any atom is 0.325 e. The van der Waals surface area contributed by atoms with Gasteiger partial charge in [-0.05, 0) is 48.6 Å². The maximum absolute atomic E-state index is 13.3. The highest BCUT2D eigenvalue weighted by atomic mass is 35.5. The highest BCUT2D eigenvalue weighted by molar-refractivity contribution is 6.30. The molecule has 2 aliphatic rings. The number of imide groups is 1. The predicted molar refractivity (Wildman–Crippen MR) is 98.1 cm³/mol. The SMILES string of the molecule is COc1ccc(Cl)cc1CN1C(=O)N[C@@]2(CCCc3ccccc32)C1=O. The molecule has 1 aliphatic carbocycles. The first-order chi connectivity index (χ1) is 12.5. The van der Waals surface area contributed by atoms with Gasteiger partial charge in [0.2, 0.25) is 0 Å². The van der Waals surface area contributed by atoms with Crippen LogP contribution < -0.4 is 10.1 Å². The van der Waals surface area contributed by atoms with Crippen molar-refractivity contribution in [3.8, 4) is 5.75 Å². The van der Waals surface area contributed by atoms with Crippen LogP contribution in [0.4, 0.5) is 4.79 Å². The molecule has 1 aliphatic heterocycles. The van der Waals surface area contributed by atoms with E-state index in [1.165, 1.54) is 4.90 Å². The van der Waals surface area contributed by atoms with Crippen LogP contribution in [-0.4, -0.2) is 23.9 Å². The summed E-state index contributed by atoms with van der Waals surface area (Å²) in [7, 11) is 1.55.